The van der Waals surface area contributed by atoms with Crippen molar-refractivity contribution < 1.29 is 5.11 Å². The van der Waals surface area contributed by atoms with Crippen molar-refractivity contribution in [3.8, 4) is 0 Å². The molecule has 0 unspecified atom stereocenters. The van der Waals surface area contributed by atoms with Crippen LogP contribution in [0.15, 0.2) is 59.5 Å². The molecule has 0 aliphatic heterocycles. The Kier molecular flexibility index (Phi) is 6.23. The standard InChI is InChI=1S/C16H23NO/c1-4-5-10-15(13(2)3)17-16-11-8-6-7-9-14(16)12-18/h4-6,8-11,13,17-18H,7,12H2,1-3H3/b5-4-,15-10+. The van der Waals surface area contributed by atoms with Crippen LogP contribution in [0.5, 0.6) is 0 Å². The Morgan fingerprint density at radius 2 is 2.28 bits per heavy atom. The van der Waals surface area contributed by atoms with Gasteiger partial charge in [-0.1, -0.05) is 44.2 Å². The van der Waals surface area contributed by atoms with Gasteiger partial charge < -0.3 is 10.4 Å². The van der Waals surface area contributed by atoms with Crippen LogP contribution in [0.25, 0.3) is 0 Å². The second-order valence-corrected chi connectivity index (χ2v) is 4.56. The van der Waals surface area contributed by atoms with E-state index in [1.807, 2.05) is 31.2 Å². The van der Waals surface area contributed by atoms with E-state index in [1.54, 1.807) is 0 Å². The van der Waals surface area contributed by atoms with E-state index in [-0.39, 0.29) is 6.61 Å². The molecule has 1 aliphatic rings. The van der Waals surface area contributed by atoms with E-state index < -0.39 is 0 Å². The molecule has 0 amide bonds. The molecule has 1 aliphatic carbocycles. The predicted molar refractivity (Wildman–Crippen MR) is 77.9 cm³/mol. The van der Waals surface area contributed by atoms with E-state index in [1.165, 1.54) is 0 Å². The lowest BCUT2D eigenvalue weighted by molar-refractivity contribution is 0.332. The lowest BCUT2D eigenvalue weighted by Crippen LogP contribution is -2.19. The third-order valence-electron chi connectivity index (χ3n) is 2.78. The zero-order valence-electron chi connectivity index (χ0n) is 11.5. The van der Waals surface area contributed by atoms with Crippen molar-refractivity contribution in [2.75, 3.05) is 6.61 Å². The number of aliphatic hydroxyl groups excluding tert-OH is 1. The van der Waals surface area contributed by atoms with Crippen molar-refractivity contribution in [3.63, 3.8) is 0 Å². The first-order valence-electron chi connectivity index (χ1n) is 6.46. The second kappa shape index (κ2) is 7.72. The zero-order valence-corrected chi connectivity index (χ0v) is 11.5. The number of hydrogen-bond donors (Lipinski definition) is 2. The van der Waals surface area contributed by atoms with Gasteiger partial charge in [0, 0.05) is 11.4 Å². The summed E-state index contributed by atoms with van der Waals surface area (Å²) in [4.78, 5) is 0. The monoisotopic (exact) mass is 245 g/mol. The summed E-state index contributed by atoms with van der Waals surface area (Å²) in [5.74, 6) is 0.411. The van der Waals surface area contributed by atoms with Crippen LogP contribution in [0.3, 0.4) is 0 Å². The maximum Gasteiger partial charge on any atom is 0.0699 e. The topological polar surface area (TPSA) is 32.3 Å². The molecule has 2 N–H and O–H groups in total. The van der Waals surface area contributed by atoms with E-state index in [9.17, 15) is 5.11 Å². The largest absolute Gasteiger partial charge is 0.392 e. The number of aliphatic hydroxyl groups is 1. The molecular weight excluding hydrogens is 222 g/mol. The summed E-state index contributed by atoms with van der Waals surface area (Å²) in [6, 6.07) is 0. The van der Waals surface area contributed by atoms with Gasteiger partial charge in [-0.3, -0.25) is 0 Å². The molecule has 0 bridgehead atoms. The van der Waals surface area contributed by atoms with Crippen LogP contribution >= 0.6 is 0 Å². The Hall–Kier alpha value is -1.54. The Morgan fingerprint density at radius 1 is 1.50 bits per heavy atom. The second-order valence-electron chi connectivity index (χ2n) is 4.56. The highest BCUT2D eigenvalue weighted by atomic mass is 16.3. The Balaban J connectivity index is 2.91. The number of rotatable bonds is 5. The van der Waals surface area contributed by atoms with Gasteiger partial charge in [0.05, 0.1) is 6.61 Å². The van der Waals surface area contributed by atoms with Crippen LogP contribution in [0.4, 0.5) is 0 Å². The zero-order chi connectivity index (χ0) is 13.4. The maximum atomic E-state index is 9.40. The number of nitrogens with one attached hydrogen (secondary N) is 1. The van der Waals surface area contributed by atoms with Crippen LogP contribution in [-0.4, -0.2) is 11.7 Å². The van der Waals surface area contributed by atoms with Gasteiger partial charge in [-0.25, -0.2) is 0 Å². The van der Waals surface area contributed by atoms with E-state index in [2.05, 4.69) is 37.4 Å². The SMILES string of the molecule is C/C=C\C=C(\NC1=CC=CCC=C1CO)C(C)C. The van der Waals surface area contributed by atoms with E-state index in [0.29, 0.717) is 5.92 Å². The van der Waals surface area contributed by atoms with Gasteiger partial charge in [0.2, 0.25) is 0 Å². The lowest BCUT2D eigenvalue weighted by atomic mass is 10.1. The summed E-state index contributed by atoms with van der Waals surface area (Å²) in [5, 5.41) is 12.8. The average molecular weight is 245 g/mol. The van der Waals surface area contributed by atoms with E-state index in [0.717, 1.165) is 23.4 Å². The van der Waals surface area contributed by atoms with Crippen molar-refractivity contribution in [2.24, 2.45) is 5.92 Å². The molecule has 1 rings (SSSR count). The van der Waals surface area contributed by atoms with Gasteiger partial charge >= 0.3 is 0 Å². The quantitative estimate of drug-likeness (QED) is 0.727. The molecule has 2 heteroatoms. The molecule has 0 aromatic rings. The minimum atomic E-state index is 0.0650. The fourth-order valence-corrected chi connectivity index (χ4v) is 1.68. The highest BCUT2D eigenvalue weighted by molar-refractivity contribution is 5.38. The summed E-state index contributed by atoms with van der Waals surface area (Å²) in [5.41, 5.74) is 3.08. The summed E-state index contributed by atoms with van der Waals surface area (Å²) in [6.07, 6.45) is 15.1. The maximum absolute atomic E-state index is 9.40. The van der Waals surface area contributed by atoms with Crippen LogP contribution in [-0.2, 0) is 0 Å². The third-order valence-corrected chi connectivity index (χ3v) is 2.78. The molecule has 0 aromatic heterocycles. The van der Waals surface area contributed by atoms with Gasteiger partial charge in [0.1, 0.15) is 0 Å². The van der Waals surface area contributed by atoms with Crippen molar-refractivity contribution in [3.05, 3.63) is 59.5 Å². The third kappa shape index (κ3) is 4.38. The average Bonchev–Trinajstić information content (AvgIpc) is 2.58. The summed E-state index contributed by atoms with van der Waals surface area (Å²) in [7, 11) is 0. The first-order chi connectivity index (χ1) is 8.69. The van der Waals surface area contributed by atoms with E-state index in [4.69, 9.17) is 0 Å². The first-order valence-corrected chi connectivity index (χ1v) is 6.46. The van der Waals surface area contributed by atoms with Crippen LogP contribution in [0.2, 0.25) is 0 Å². The fraction of sp³-hybridized carbons (Fsp3) is 0.375. The van der Waals surface area contributed by atoms with Crippen LogP contribution in [0, 0.1) is 5.92 Å². The molecular formula is C16H23NO. The summed E-state index contributed by atoms with van der Waals surface area (Å²) < 4.78 is 0. The molecule has 18 heavy (non-hydrogen) atoms. The van der Waals surface area contributed by atoms with Crippen molar-refractivity contribution >= 4 is 0 Å². The van der Waals surface area contributed by atoms with Gasteiger partial charge in [-0.15, -0.1) is 0 Å². The molecule has 0 heterocycles. The number of hydrogen-bond acceptors (Lipinski definition) is 2. The minimum Gasteiger partial charge on any atom is -0.392 e. The predicted octanol–water partition coefficient (Wildman–Crippen LogP) is 3.45. The molecule has 0 spiro atoms. The highest BCUT2D eigenvalue weighted by Gasteiger charge is 2.09. The van der Waals surface area contributed by atoms with E-state index >= 15 is 0 Å². The molecule has 0 aromatic carbocycles. The number of allylic oxidation sites excluding steroid dienone is 8. The lowest BCUT2D eigenvalue weighted by Gasteiger charge is -2.18. The summed E-state index contributed by atoms with van der Waals surface area (Å²) in [6.45, 7) is 6.37. The first kappa shape index (κ1) is 14.5. The smallest absolute Gasteiger partial charge is 0.0699 e. The summed E-state index contributed by atoms with van der Waals surface area (Å²) >= 11 is 0. The van der Waals surface area contributed by atoms with Gasteiger partial charge in [-0.05, 0) is 37.0 Å². The Bertz CT molecular complexity index is 409. The molecule has 98 valence electrons. The molecule has 0 saturated heterocycles. The Labute approximate surface area is 110 Å². The van der Waals surface area contributed by atoms with Crippen molar-refractivity contribution in [1.29, 1.82) is 0 Å². The van der Waals surface area contributed by atoms with Gasteiger partial charge in [0.15, 0.2) is 0 Å². The molecule has 0 atom stereocenters. The fourth-order valence-electron chi connectivity index (χ4n) is 1.68. The Morgan fingerprint density at radius 3 is 2.89 bits per heavy atom. The molecule has 0 fully saturated rings. The molecule has 0 radical (unpaired) electrons. The van der Waals surface area contributed by atoms with Crippen molar-refractivity contribution in [2.45, 2.75) is 27.2 Å². The highest BCUT2D eigenvalue weighted by Crippen LogP contribution is 2.16. The van der Waals surface area contributed by atoms with Crippen LogP contribution < -0.4 is 5.32 Å². The molecule has 0 saturated carbocycles. The van der Waals surface area contributed by atoms with Crippen molar-refractivity contribution in [1.82, 2.24) is 5.32 Å². The van der Waals surface area contributed by atoms with Gasteiger partial charge in [-0.2, -0.15) is 0 Å². The normalized spacial score (nSPS) is 16.8. The minimum absolute atomic E-state index is 0.0650. The molecule has 2 nitrogen and oxygen atoms in total. The van der Waals surface area contributed by atoms with Gasteiger partial charge in [0.25, 0.3) is 0 Å². The van der Waals surface area contributed by atoms with Crippen LogP contribution in [0.1, 0.15) is 27.2 Å².